The second-order valence-corrected chi connectivity index (χ2v) is 4.26. The molecule has 0 aliphatic rings. The molecule has 0 fully saturated rings. The Morgan fingerprint density at radius 2 is 1.11 bits per heavy atom. The van der Waals surface area contributed by atoms with Gasteiger partial charge in [0, 0.05) is 6.61 Å². The molecule has 0 rings (SSSR count). The molecular formula is C14H32O4. The van der Waals surface area contributed by atoms with E-state index in [9.17, 15) is 0 Å². The second kappa shape index (κ2) is 22.1. The van der Waals surface area contributed by atoms with Crippen LogP contribution < -0.4 is 0 Å². The van der Waals surface area contributed by atoms with Gasteiger partial charge in [0.15, 0.2) is 0 Å². The van der Waals surface area contributed by atoms with Gasteiger partial charge in [0.1, 0.15) is 0 Å². The van der Waals surface area contributed by atoms with Crippen LogP contribution in [0.5, 0.6) is 0 Å². The van der Waals surface area contributed by atoms with Gasteiger partial charge in [0.25, 0.3) is 0 Å². The summed E-state index contributed by atoms with van der Waals surface area (Å²) < 4.78 is 5.18. The van der Waals surface area contributed by atoms with Crippen molar-refractivity contribution in [3.05, 3.63) is 0 Å². The summed E-state index contributed by atoms with van der Waals surface area (Å²) in [5.74, 6) is 0. The number of rotatable bonds is 12. The number of hydrogen-bond donors (Lipinski definition) is 3. The van der Waals surface area contributed by atoms with E-state index >= 15 is 0 Å². The fraction of sp³-hybridized carbons (Fsp3) is 1.00. The molecule has 0 aromatic heterocycles. The molecule has 0 aromatic carbocycles. The van der Waals surface area contributed by atoms with E-state index in [-0.39, 0.29) is 19.8 Å². The Bertz CT molecular complexity index is 106. The highest BCUT2D eigenvalue weighted by molar-refractivity contribution is 4.45. The third-order valence-electron chi connectivity index (χ3n) is 2.48. The monoisotopic (exact) mass is 264 g/mol. The predicted molar refractivity (Wildman–Crippen MR) is 74.7 cm³/mol. The number of ether oxygens (including phenoxy) is 1. The zero-order valence-electron chi connectivity index (χ0n) is 11.9. The third kappa shape index (κ3) is 24.9. The van der Waals surface area contributed by atoms with Gasteiger partial charge in [-0.2, -0.15) is 0 Å². The second-order valence-electron chi connectivity index (χ2n) is 4.26. The van der Waals surface area contributed by atoms with Gasteiger partial charge >= 0.3 is 0 Å². The molecule has 0 atom stereocenters. The summed E-state index contributed by atoms with van der Waals surface area (Å²) >= 11 is 0. The number of aliphatic hydroxyl groups excluding tert-OH is 3. The van der Waals surface area contributed by atoms with Crippen LogP contribution in [0, 0.1) is 0 Å². The van der Waals surface area contributed by atoms with Gasteiger partial charge in [-0.3, -0.25) is 0 Å². The maximum atomic E-state index is 8.46. The lowest BCUT2D eigenvalue weighted by atomic mass is 10.1. The van der Waals surface area contributed by atoms with Gasteiger partial charge in [-0.05, 0) is 6.42 Å². The molecule has 0 aliphatic carbocycles. The summed E-state index contributed by atoms with van der Waals surface area (Å²) in [6.45, 7) is 3.46. The fourth-order valence-corrected chi connectivity index (χ4v) is 1.50. The molecule has 3 N–H and O–H groups in total. The molecule has 0 saturated carbocycles. The first-order valence-electron chi connectivity index (χ1n) is 7.23. The molecule has 0 unspecified atom stereocenters. The van der Waals surface area contributed by atoms with Gasteiger partial charge in [0.05, 0.1) is 26.4 Å². The molecule has 0 bridgehead atoms. The van der Waals surface area contributed by atoms with Crippen LogP contribution >= 0.6 is 0 Å². The fourth-order valence-electron chi connectivity index (χ4n) is 1.50. The number of hydrogen-bond acceptors (Lipinski definition) is 4. The smallest absolute Gasteiger partial charge is 0.0697 e. The largest absolute Gasteiger partial charge is 0.394 e. The first-order chi connectivity index (χ1) is 8.83. The van der Waals surface area contributed by atoms with Crippen molar-refractivity contribution in [2.75, 3.05) is 33.0 Å². The van der Waals surface area contributed by atoms with E-state index in [1.54, 1.807) is 0 Å². The minimum Gasteiger partial charge on any atom is -0.394 e. The molecule has 0 spiro atoms. The highest BCUT2D eigenvalue weighted by atomic mass is 16.5. The Morgan fingerprint density at radius 3 is 1.56 bits per heavy atom. The van der Waals surface area contributed by atoms with Crippen molar-refractivity contribution in [2.24, 2.45) is 0 Å². The average Bonchev–Trinajstić information content (AvgIpc) is 2.41. The van der Waals surface area contributed by atoms with Crippen molar-refractivity contribution in [3.8, 4) is 0 Å². The highest BCUT2D eigenvalue weighted by Gasteiger charge is 1.91. The predicted octanol–water partition coefficient (Wildman–Crippen LogP) is 2.11. The third-order valence-corrected chi connectivity index (χ3v) is 2.48. The van der Waals surface area contributed by atoms with E-state index in [1.165, 1.54) is 44.9 Å². The molecule has 0 heterocycles. The summed E-state index contributed by atoms with van der Waals surface area (Å²) in [7, 11) is 0. The van der Waals surface area contributed by atoms with Crippen LogP contribution in [0.4, 0.5) is 0 Å². The number of aliphatic hydroxyl groups is 3. The SMILES string of the molecule is CCCCCCCCCCOCCO.OCCO. The minimum absolute atomic E-state index is 0.125. The van der Waals surface area contributed by atoms with Crippen molar-refractivity contribution in [1.82, 2.24) is 0 Å². The van der Waals surface area contributed by atoms with Gasteiger partial charge in [0.2, 0.25) is 0 Å². The number of unbranched alkanes of at least 4 members (excludes halogenated alkanes) is 7. The summed E-state index contributed by atoms with van der Waals surface area (Å²) in [6.07, 6.45) is 10.6. The van der Waals surface area contributed by atoms with Crippen LogP contribution in [0.1, 0.15) is 58.3 Å². The van der Waals surface area contributed by atoms with Crippen molar-refractivity contribution in [3.63, 3.8) is 0 Å². The Labute approximate surface area is 112 Å². The van der Waals surface area contributed by atoms with Crippen LogP contribution in [-0.4, -0.2) is 48.4 Å². The van der Waals surface area contributed by atoms with Crippen LogP contribution in [0.15, 0.2) is 0 Å². The van der Waals surface area contributed by atoms with E-state index in [2.05, 4.69) is 6.92 Å². The molecule has 4 heteroatoms. The van der Waals surface area contributed by atoms with Crippen LogP contribution in [0.25, 0.3) is 0 Å². The molecule has 0 saturated heterocycles. The zero-order valence-corrected chi connectivity index (χ0v) is 11.9. The van der Waals surface area contributed by atoms with E-state index < -0.39 is 0 Å². The van der Waals surface area contributed by atoms with Crippen molar-refractivity contribution >= 4 is 0 Å². The van der Waals surface area contributed by atoms with E-state index in [1.807, 2.05) is 0 Å². The Morgan fingerprint density at radius 1 is 0.611 bits per heavy atom. The van der Waals surface area contributed by atoms with Crippen LogP contribution in [-0.2, 0) is 4.74 Å². The average molecular weight is 264 g/mol. The summed E-state index contributed by atoms with van der Waals surface area (Å²) in [5.41, 5.74) is 0. The van der Waals surface area contributed by atoms with Crippen molar-refractivity contribution < 1.29 is 20.1 Å². The standard InChI is InChI=1S/C12H26O2.C2H6O2/c1-2-3-4-5-6-7-8-9-11-14-12-10-13;3-1-2-4/h13H,2-12H2,1H3;3-4H,1-2H2. The van der Waals surface area contributed by atoms with Crippen molar-refractivity contribution in [2.45, 2.75) is 58.3 Å². The molecule has 18 heavy (non-hydrogen) atoms. The quantitative estimate of drug-likeness (QED) is 0.472. The molecule has 4 nitrogen and oxygen atoms in total. The van der Waals surface area contributed by atoms with Crippen LogP contribution in [0.2, 0.25) is 0 Å². The van der Waals surface area contributed by atoms with E-state index in [0.29, 0.717) is 6.61 Å². The van der Waals surface area contributed by atoms with Gasteiger partial charge in [-0.1, -0.05) is 51.9 Å². The summed E-state index contributed by atoms with van der Waals surface area (Å²) in [4.78, 5) is 0. The van der Waals surface area contributed by atoms with Crippen molar-refractivity contribution in [1.29, 1.82) is 0 Å². The van der Waals surface area contributed by atoms with E-state index in [4.69, 9.17) is 20.1 Å². The molecule has 0 amide bonds. The first-order valence-corrected chi connectivity index (χ1v) is 7.23. The summed E-state index contributed by atoms with van der Waals surface area (Å²) in [6, 6.07) is 0. The first kappa shape index (κ1) is 20.2. The molecule has 0 aromatic rings. The van der Waals surface area contributed by atoms with Crippen LogP contribution in [0.3, 0.4) is 0 Å². The highest BCUT2D eigenvalue weighted by Crippen LogP contribution is 2.08. The minimum atomic E-state index is -0.125. The van der Waals surface area contributed by atoms with Gasteiger partial charge in [-0.15, -0.1) is 0 Å². The summed E-state index contributed by atoms with van der Waals surface area (Å²) in [5, 5.41) is 23.7. The Kier molecular flexibility index (Phi) is 24.7. The van der Waals surface area contributed by atoms with Gasteiger partial charge < -0.3 is 20.1 Å². The Balaban J connectivity index is 0. The lowest BCUT2D eigenvalue weighted by Crippen LogP contribution is -2.00. The topological polar surface area (TPSA) is 69.9 Å². The zero-order chi connectivity index (χ0) is 13.9. The molecule has 0 aliphatic heterocycles. The van der Waals surface area contributed by atoms with E-state index in [0.717, 1.165) is 13.0 Å². The Hall–Kier alpha value is -0.160. The molecule has 112 valence electrons. The maximum Gasteiger partial charge on any atom is 0.0697 e. The van der Waals surface area contributed by atoms with Gasteiger partial charge in [-0.25, -0.2) is 0 Å². The molecule has 0 radical (unpaired) electrons. The lowest BCUT2D eigenvalue weighted by molar-refractivity contribution is 0.0895. The lowest BCUT2D eigenvalue weighted by Gasteiger charge is -2.02. The maximum absolute atomic E-state index is 8.46. The normalized spacial score (nSPS) is 10.0. The molecular weight excluding hydrogens is 232 g/mol.